The van der Waals surface area contributed by atoms with Crippen LogP contribution in [-0.2, 0) is 0 Å². The molecule has 0 aromatic carbocycles. The molecule has 0 unspecified atom stereocenters. The average Bonchev–Trinajstić information content (AvgIpc) is 1.80. The van der Waals surface area contributed by atoms with Gasteiger partial charge in [0.05, 0.1) is 6.54 Å². The Morgan fingerprint density at radius 2 is 2.22 bits per heavy atom. The number of hydrogen-bond acceptors (Lipinski definition) is 3. The molecule has 0 rings (SSSR count). The highest BCUT2D eigenvalue weighted by Gasteiger charge is 1.86. The summed E-state index contributed by atoms with van der Waals surface area (Å²) in [5.74, 6) is 0.542. The summed E-state index contributed by atoms with van der Waals surface area (Å²) in [6.45, 7) is 8.03. The molecule has 4 nitrogen and oxygen atoms in total. The summed E-state index contributed by atoms with van der Waals surface area (Å²) in [7, 11) is 0. The second-order valence-corrected chi connectivity index (χ2v) is 2.08. The van der Waals surface area contributed by atoms with Gasteiger partial charge in [-0.2, -0.15) is 15.8 Å². The molecule has 0 aromatic rings. The number of hydrazone groups is 1. The number of hydrogen-bond donors (Lipinski definition) is 1. The van der Waals surface area contributed by atoms with Gasteiger partial charge in [0.1, 0.15) is 0 Å². The Morgan fingerprint density at radius 1 is 1.56 bits per heavy atom. The quantitative estimate of drug-likeness (QED) is 0.345. The van der Waals surface area contributed by atoms with Crippen molar-refractivity contribution in [1.29, 1.82) is 0 Å². The number of nitrogens with zero attached hydrogens (tertiary/aromatic N) is 3. The molecular weight excluding hydrogens is 116 g/mol. The zero-order valence-corrected chi connectivity index (χ0v) is 5.83. The van der Waals surface area contributed by atoms with E-state index in [-0.39, 0.29) is 0 Å². The summed E-state index contributed by atoms with van der Waals surface area (Å²) >= 11 is 0. The zero-order valence-electron chi connectivity index (χ0n) is 5.83. The van der Waals surface area contributed by atoms with Gasteiger partial charge in [-0.1, -0.05) is 19.1 Å². The Bertz CT molecular complexity index is 97.1. The minimum Gasteiger partial charge on any atom is -0.180 e. The van der Waals surface area contributed by atoms with Crippen LogP contribution in [0.15, 0.2) is 15.4 Å². The molecule has 9 heavy (non-hydrogen) atoms. The van der Waals surface area contributed by atoms with Gasteiger partial charge < -0.3 is 0 Å². The molecule has 52 valence electrons. The van der Waals surface area contributed by atoms with E-state index in [9.17, 15) is 0 Å². The lowest BCUT2D eigenvalue weighted by molar-refractivity contribution is 0.610. The lowest BCUT2D eigenvalue weighted by atomic mass is 10.2. The third-order valence-electron chi connectivity index (χ3n) is 0.633. The molecule has 0 radical (unpaired) electrons. The predicted molar refractivity (Wildman–Crippen MR) is 37.2 cm³/mol. The van der Waals surface area contributed by atoms with E-state index in [1.165, 1.54) is 0 Å². The first kappa shape index (κ1) is 8.07. The lowest BCUT2D eigenvalue weighted by Crippen LogP contribution is -1.94. The van der Waals surface area contributed by atoms with E-state index in [0.29, 0.717) is 5.92 Å². The van der Waals surface area contributed by atoms with E-state index >= 15 is 0 Å². The zero-order chi connectivity index (χ0) is 7.11. The first-order valence-electron chi connectivity index (χ1n) is 2.84. The molecule has 0 amide bonds. The topological polar surface area (TPSA) is 49.1 Å². The molecule has 0 saturated heterocycles. The van der Waals surface area contributed by atoms with Crippen LogP contribution >= 0.6 is 0 Å². The Hall–Kier alpha value is -0.930. The minimum atomic E-state index is 0.542. The van der Waals surface area contributed by atoms with E-state index in [1.54, 1.807) is 0 Å². The van der Waals surface area contributed by atoms with Crippen molar-refractivity contribution in [2.75, 3.05) is 6.54 Å². The van der Waals surface area contributed by atoms with Crippen LogP contribution in [-0.4, -0.2) is 13.3 Å². The highest BCUT2D eigenvalue weighted by atomic mass is 15.6. The smallest absolute Gasteiger partial charge is 0.0643 e. The van der Waals surface area contributed by atoms with Crippen LogP contribution in [0.4, 0.5) is 0 Å². The fourth-order valence-corrected chi connectivity index (χ4v) is 0.267. The van der Waals surface area contributed by atoms with Crippen LogP contribution in [0, 0.1) is 5.92 Å². The Labute approximate surface area is 55.0 Å². The van der Waals surface area contributed by atoms with Crippen molar-refractivity contribution in [3.05, 3.63) is 0 Å². The van der Waals surface area contributed by atoms with Crippen molar-refractivity contribution in [2.24, 2.45) is 21.4 Å². The van der Waals surface area contributed by atoms with Gasteiger partial charge in [0, 0.05) is 6.72 Å². The van der Waals surface area contributed by atoms with E-state index in [2.05, 4.69) is 41.5 Å². The molecular formula is C5H12N4. The highest BCUT2D eigenvalue weighted by molar-refractivity contribution is 5.21. The van der Waals surface area contributed by atoms with Crippen molar-refractivity contribution in [3.8, 4) is 0 Å². The van der Waals surface area contributed by atoms with Gasteiger partial charge in [-0.3, -0.25) is 0 Å². The van der Waals surface area contributed by atoms with Gasteiger partial charge in [-0.05, 0) is 5.92 Å². The number of nitrogens with one attached hydrogen (secondary N) is 1. The first-order chi connectivity index (χ1) is 4.27. The van der Waals surface area contributed by atoms with Crippen LogP contribution in [0.2, 0.25) is 0 Å². The van der Waals surface area contributed by atoms with Gasteiger partial charge >= 0.3 is 0 Å². The average molecular weight is 128 g/mol. The predicted octanol–water partition coefficient (Wildman–Crippen LogP) is 1.21. The summed E-state index contributed by atoms with van der Waals surface area (Å²) < 4.78 is 0. The third kappa shape index (κ3) is 7.07. The van der Waals surface area contributed by atoms with E-state index in [0.717, 1.165) is 6.54 Å². The van der Waals surface area contributed by atoms with Crippen LogP contribution < -0.4 is 5.53 Å². The fourth-order valence-electron chi connectivity index (χ4n) is 0.267. The summed E-state index contributed by atoms with van der Waals surface area (Å²) in [6.07, 6.45) is 0. The highest BCUT2D eigenvalue weighted by Crippen LogP contribution is 1.90. The van der Waals surface area contributed by atoms with Gasteiger partial charge in [0.25, 0.3) is 0 Å². The monoisotopic (exact) mass is 128 g/mol. The minimum absolute atomic E-state index is 0.542. The van der Waals surface area contributed by atoms with Crippen LogP contribution in [0.3, 0.4) is 0 Å². The maximum atomic E-state index is 3.74. The molecule has 1 N–H and O–H groups in total. The second-order valence-electron chi connectivity index (χ2n) is 2.08. The Kier molecular flexibility index (Phi) is 4.67. The molecule has 0 bridgehead atoms. The van der Waals surface area contributed by atoms with Crippen molar-refractivity contribution < 1.29 is 0 Å². The molecule has 0 spiro atoms. The summed E-state index contributed by atoms with van der Waals surface area (Å²) in [6, 6.07) is 0. The Morgan fingerprint density at radius 3 is 2.67 bits per heavy atom. The molecule has 0 aliphatic rings. The van der Waals surface area contributed by atoms with Crippen LogP contribution in [0.1, 0.15) is 13.8 Å². The van der Waals surface area contributed by atoms with Gasteiger partial charge in [-0.25, -0.2) is 0 Å². The van der Waals surface area contributed by atoms with E-state index in [4.69, 9.17) is 0 Å². The summed E-state index contributed by atoms with van der Waals surface area (Å²) in [5.41, 5.74) is 2.28. The van der Waals surface area contributed by atoms with Gasteiger partial charge in [-0.15, -0.1) is 0 Å². The van der Waals surface area contributed by atoms with Crippen molar-refractivity contribution >= 4 is 6.72 Å². The number of rotatable bonds is 4. The fraction of sp³-hybridized carbons (Fsp3) is 0.800. The summed E-state index contributed by atoms with van der Waals surface area (Å²) in [5, 5.41) is 10.5. The first-order valence-corrected chi connectivity index (χ1v) is 2.84. The largest absolute Gasteiger partial charge is 0.180 e. The van der Waals surface area contributed by atoms with Crippen molar-refractivity contribution in [3.63, 3.8) is 0 Å². The molecule has 0 aromatic heterocycles. The molecule has 0 aliphatic heterocycles. The van der Waals surface area contributed by atoms with Gasteiger partial charge in [0.2, 0.25) is 0 Å². The van der Waals surface area contributed by atoms with Crippen molar-refractivity contribution in [1.82, 2.24) is 5.53 Å². The summed E-state index contributed by atoms with van der Waals surface area (Å²) in [4.78, 5) is 0. The lowest BCUT2D eigenvalue weighted by Gasteiger charge is -1.93. The standard InChI is InChI=1S/C5H12N4/c1-5(2)4-7-9-8-6-3/h5H,3-4H2,1-2H3,(H,7,8). The Balaban J connectivity index is 3.14. The maximum absolute atomic E-state index is 3.74. The molecule has 0 fully saturated rings. The molecule has 0 atom stereocenters. The molecule has 0 aliphatic carbocycles. The second kappa shape index (κ2) is 5.21. The van der Waals surface area contributed by atoms with Crippen molar-refractivity contribution in [2.45, 2.75) is 13.8 Å². The maximum Gasteiger partial charge on any atom is 0.0643 e. The van der Waals surface area contributed by atoms with E-state index in [1.807, 2.05) is 0 Å². The molecule has 0 saturated carbocycles. The third-order valence-corrected chi connectivity index (χ3v) is 0.633. The van der Waals surface area contributed by atoms with Crippen LogP contribution in [0.25, 0.3) is 0 Å². The normalized spacial score (nSPS) is 10.6. The van der Waals surface area contributed by atoms with Gasteiger partial charge in [0.15, 0.2) is 0 Å². The van der Waals surface area contributed by atoms with Crippen LogP contribution in [0.5, 0.6) is 0 Å². The molecule has 0 heterocycles. The SMILES string of the molecule is C=NN/N=N/CC(C)C. The molecule has 4 heteroatoms. The van der Waals surface area contributed by atoms with E-state index < -0.39 is 0 Å².